The Labute approximate surface area is 163 Å². The van der Waals surface area contributed by atoms with Crippen molar-refractivity contribution in [1.29, 1.82) is 0 Å². The number of rotatable bonds is 9. The highest BCUT2D eigenvalue weighted by atomic mass is 16.5. The Balaban J connectivity index is 2.01. The number of nitrogens with one attached hydrogen (secondary N) is 1. The van der Waals surface area contributed by atoms with Crippen LogP contribution in [0.5, 0.6) is 0 Å². The van der Waals surface area contributed by atoms with Gasteiger partial charge in [0.1, 0.15) is 6.10 Å². The van der Waals surface area contributed by atoms with Crippen LogP contribution in [-0.2, 0) is 16.5 Å². The first-order chi connectivity index (χ1) is 13.0. The summed E-state index contributed by atoms with van der Waals surface area (Å²) in [5.74, 6) is 0.934. The van der Waals surface area contributed by atoms with Gasteiger partial charge in [0.2, 0.25) is 0 Å². The SMILES string of the molecule is CCNC(=NCC(CCN(C)C)OCC)N1CCOC(c2cnn(C)c2)C1. The fraction of sp³-hybridized carbons (Fsp3) is 0.789. The molecule has 1 aromatic rings. The van der Waals surface area contributed by atoms with Crippen molar-refractivity contribution in [2.24, 2.45) is 12.0 Å². The van der Waals surface area contributed by atoms with Crippen molar-refractivity contribution in [2.75, 3.05) is 60.0 Å². The number of guanidine groups is 1. The highest BCUT2D eigenvalue weighted by Crippen LogP contribution is 2.21. The molecule has 2 rings (SSSR count). The van der Waals surface area contributed by atoms with E-state index in [1.165, 1.54) is 0 Å². The Morgan fingerprint density at radius 2 is 2.30 bits per heavy atom. The van der Waals surface area contributed by atoms with E-state index in [0.717, 1.165) is 44.1 Å². The third kappa shape index (κ3) is 7.12. The van der Waals surface area contributed by atoms with Crippen molar-refractivity contribution < 1.29 is 9.47 Å². The van der Waals surface area contributed by atoms with Gasteiger partial charge in [0.25, 0.3) is 0 Å². The van der Waals surface area contributed by atoms with Crippen LogP contribution in [0.2, 0.25) is 0 Å². The quantitative estimate of drug-likeness (QED) is 0.511. The molecule has 8 heteroatoms. The van der Waals surface area contributed by atoms with Gasteiger partial charge in [-0.25, -0.2) is 0 Å². The standard InChI is InChI=1S/C19H36N6O2/c1-6-20-19(21-13-17(26-7-2)8-9-23(3)4)25-10-11-27-18(15-25)16-12-22-24(5)14-16/h12,14,17-18H,6-11,13,15H2,1-5H3,(H,20,21). The van der Waals surface area contributed by atoms with Crippen LogP contribution in [-0.4, -0.2) is 91.7 Å². The molecule has 1 aromatic heterocycles. The summed E-state index contributed by atoms with van der Waals surface area (Å²) in [6.07, 6.45) is 5.04. The number of hydrogen-bond acceptors (Lipinski definition) is 5. The van der Waals surface area contributed by atoms with Crippen LogP contribution in [0.25, 0.3) is 0 Å². The smallest absolute Gasteiger partial charge is 0.194 e. The Hall–Kier alpha value is -1.64. The lowest BCUT2D eigenvalue weighted by Gasteiger charge is -2.35. The van der Waals surface area contributed by atoms with Crippen LogP contribution >= 0.6 is 0 Å². The monoisotopic (exact) mass is 380 g/mol. The molecule has 1 N–H and O–H groups in total. The number of aryl methyl sites for hydroxylation is 1. The molecule has 0 aliphatic carbocycles. The average molecular weight is 381 g/mol. The molecule has 0 radical (unpaired) electrons. The van der Waals surface area contributed by atoms with Gasteiger partial charge in [0.05, 0.1) is 32.0 Å². The number of ether oxygens (including phenoxy) is 2. The van der Waals surface area contributed by atoms with Crippen molar-refractivity contribution in [3.8, 4) is 0 Å². The molecule has 1 aliphatic heterocycles. The van der Waals surface area contributed by atoms with E-state index in [4.69, 9.17) is 14.5 Å². The van der Waals surface area contributed by atoms with E-state index < -0.39 is 0 Å². The number of hydrogen-bond donors (Lipinski definition) is 1. The third-order valence-corrected chi connectivity index (χ3v) is 4.54. The van der Waals surface area contributed by atoms with Crippen LogP contribution in [0, 0.1) is 0 Å². The molecule has 2 heterocycles. The van der Waals surface area contributed by atoms with Gasteiger partial charge in [0, 0.05) is 45.0 Å². The Kier molecular flexibility index (Phi) is 9.03. The number of morpholine rings is 1. The third-order valence-electron chi connectivity index (χ3n) is 4.54. The lowest BCUT2D eigenvalue weighted by molar-refractivity contribution is -0.00823. The predicted molar refractivity (Wildman–Crippen MR) is 108 cm³/mol. The highest BCUT2D eigenvalue weighted by Gasteiger charge is 2.25. The minimum atomic E-state index is 0.0211. The zero-order valence-corrected chi connectivity index (χ0v) is 17.5. The summed E-state index contributed by atoms with van der Waals surface area (Å²) >= 11 is 0. The van der Waals surface area contributed by atoms with E-state index in [1.807, 2.05) is 31.0 Å². The van der Waals surface area contributed by atoms with Gasteiger partial charge < -0.3 is 24.6 Å². The van der Waals surface area contributed by atoms with Gasteiger partial charge in [-0.3, -0.25) is 9.67 Å². The molecule has 27 heavy (non-hydrogen) atoms. The van der Waals surface area contributed by atoms with Crippen LogP contribution in [0.1, 0.15) is 31.9 Å². The first-order valence-electron chi connectivity index (χ1n) is 9.93. The first-order valence-corrected chi connectivity index (χ1v) is 9.93. The molecule has 0 aromatic carbocycles. The Morgan fingerprint density at radius 1 is 1.48 bits per heavy atom. The van der Waals surface area contributed by atoms with Crippen LogP contribution in [0.15, 0.2) is 17.4 Å². The normalized spacial score (nSPS) is 19.6. The molecule has 1 aliphatic rings. The van der Waals surface area contributed by atoms with E-state index in [9.17, 15) is 0 Å². The summed E-state index contributed by atoms with van der Waals surface area (Å²) in [6.45, 7) is 9.64. The van der Waals surface area contributed by atoms with Crippen LogP contribution in [0.3, 0.4) is 0 Å². The molecule has 2 atom stereocenters. The maximum Gasteiger partial charge on any atom is 0.194 e. The first kappa shape index (κ1) is 21.7. The zero-order chi connectivity index (χ0) is 19.6. The maximum absolute atomic E-state index is 5.96. The molecule has 1 saturated heterocycles. The lowest BCUT2D eigenvalue weighted by Crippen LogP contribution is -2.48. The van der Waals surface area contributed by atoms with Crippen molar-refractivity contribution >= 4 is 5.96 Å². The van der Waals surface area contributed by atoms with Gasteiger partial charge >= 0.3 is 0 Å². The van der Waals surface area contributed by atoms with E-state index in [1.54, 1.807) is 0 Å². The Morgan fingerprint density at radius 3 is 2.93 bits per heavy atom. The molecular weight excluding hydrogens is 344 g/mol. The number of aliphatic imine (C=N–C) groups is 1. The topological polar surface area (TPSA) is 67.2 Å². The van der Waals surface area contributed by atoms with Gasteiger partial charge in [-0.2, -0.15) is 5.10 Å². The van der Waals surface area contributed by atoms with Crippen molar-refractivity contribution in [1.82, 2.24) is 24.9 Å². The molecule has 154 valence electrons. The van der Waals surface area contributed by atoms with Crippen molar-refractivity contribution in [2.45, 2.75) is 32.5 Å². The number of aromatic nitrogens is 2. The summed E-state index contributed by atoms with van der Waals surface area (Å²) in [5, 5.41) is 7.69. The fourth-order valence-electron chi connectivity index (χ4n) is 3.13. The predicted octanol–water partition coefficient (Wildman–Crippen LogP) is 1.12. The van der Waals surface area contributed by atoms with Gasteiger partial charge in [-0.15, -0.1) is 0 Å². The fourth-order valence-corrected chi connectivity index (χ4v) is 3.13. The molecule has 0 saturated carbocycles. The van der Waals surface area contributed by atoms with Gasteiger partial charge in [-0.1, -0.05) is 0 Å². The van der Waals surface area contributed by atoms with Crippen molar-refractivity contribution in [3.63, 3.8) is 0 Å². The second kappa shape index (κ2) is 11.3. The van der Waals surface area contributed by atoms with E-state index in [2.05, 4.69) is 41.2 Å². The molecule has 1 fully saturated rings. The minimum Gasteiger partial charge on any atom is -0.377 e. The second-order valence-electron chi connectivity index (χ2n) is 7.12. The van der Waals surface area contributed by atoms with E-state index >= 15 is 0 Å². The van der Waals surface area contributed by atoms with Gasteiger partial charge in [0.15, 0.2) is 5.96 Å². The van der Waals surface area contributed by atoms with Crippen molar-refractivity contribution in [3.05, 3.63) is 18.0 Å². The van der Waals surface area contributed by atoms with E-state index in [-0.39, 0.29) is 12.2 Å². The molecule has 2 unspecified atom stereocenters. The summed E-state index contributed by atoms with van der Waals surface area (Å²) in [7, 11) is 6.10. The highest BCUT2D eigenvalue weighted by molar-refractivity contribution is 5.80. The zero-order valence-electron chi connectivity index (χ0n) is 17.5. The molecule has 0 amide bonds. The summed E-state index contributed by atoms with van der Waals surface area (Å²) in [6, 6.07) is 0. The maximum atomic E-state index is 5.96. The summed E-state index contributed by atoms with van der Waals surface area (Å²) in [5.41, 5.74) is 1.11. The minimum absolute atomic E-state index is 0.0211. The molecule has 8 nitrogen and oxygen atoms in total. The Bertz CT molecular complexity index is 574. The molecular formula is C19H36N6O2. The summed E-state index contributed by atoms with van der Waals surface area (Å²) < 4.78 is 13.7. The molecule has 0 spiro atoms. The van der Waals surface area contributed by atoms with E-state index in [0.29, 0.717) is 19.8 Å². The van der Waals surface area contributed by atoms with Gasteiger partial charge in [-0.05, 0) is 34.4 Å². The van der Waals surface area contributed by atoms with Crippen LogP contribution in [0.4, 0.5) is 0 Å². The second-order valence-corrected chi connectivity index (χ2v) is 7.12. The average Bonchev–Trinajstić information content (AvgIpc) is 3.09. The lowest BCUT2D eigenvalue weighted by atomic mass is 10.1. The largest absolute Gasteiger partial charge is 0.377 e. The molecule has 0 bridgehead atoms. The van der Waals surface area contributed by atoms with Crippen LogP contribution < -0.4 is 5.32 Å². The summed E-state index contributed by atoms with van der Waals surface area (Å²) in [4.78, 5) is 9.34. The number of nitrogens with zero attached hydrogens (tertiary/aromatic N) is 5.